The van der Waals surface area contributed by atoms with Crippen molar-refractivity contribution in [3.05, 3.63) is 36.0 Å². The Bertz CT molecular complexity index is 533. The molecular formula is C14H16N2O. The summed E-state index contributed by atoms with van der Waals surface area (Å²) in [6.07, 6.45) is 2.51. The van der Waals surface area contributed by atoms with E-state index in [0.29, 0.717) is 0 Å². The van der Waals surface area contributed by atoms with Crippen molar-refractivity contribution < 1.29 is 5.11 Å². The van der Waals surface area contributed by atoms with Crippen LogP contribution in [0.1, 0.15) is 18.5 Å². The van der Waals surface area contributed by atoms with Crippen LogP contribution in [0.4, 0.5) is 5.69 Å². The summed E-state index contributed by atoms with van der Waals surface area (Å²) < 4.78 is 0. The summed E-state index contributed by atoms with van der Waals surface area (Å²) in [4.78, 5) is 6.84. The predicted molar refractivity (Wildman–Crippen MR) is 69.1 cm³/mol. The van der Waals surface area contributed by atoms with Gasteiger partial charge in [0, 0.05) is 24.2 Å². The Morgan fingerprint density at radius 2 is 1.94 bits per heavy atom. The molecule has 2 heterocycles. The minimum Gasteiger partial charge on any atom is -0.390 e. The minimum atomic E-state index is 0.00563. The lowest BCUT2D eigenvalue weighted by atomic mass is 10.1. The van der Waals surface area contributed by atoms with Crippen LogP contribution in [0.5, 0.6) is 0 Å². The molecule has 0 saturated carbocycles. The van der Waals surface area contributed by atoms with Crippen LogP contribution in [-0.2, 0) is 6.61 Å². The lowest BCUT2D eigenvalue weighted by molar-refractivity contribution is 0.277. The molecule has 3 rings (SSSR count). The molecule has 0 unspecified atom stereocenters. The van der Waals surface area contributed by atoms with Gasteiger partial charge in [-0.05, 0) is 25.0 Å². The first-order chi connectivity index (χ1) is 8.38. The van der Waals surface area contributed by atoms with E-state index in [1.54, 1.807) is 0 Å². The maximum absolute atomic E-state index is 9.28. The molecule has 1 fully saturated rings. The van der Waals surface area contributed by atoms with Crippen LogP contribution in [0.3, 0.4) is 0 Å². The highest BCUT2D eigenvalue weighted by Gasteiger charge is 2.16. The van der Waals surface area contributed by atoms with E-state index in [1.165, 1.54) is 23.9 Å². The highest BCUT2D eigenvalue weighted by Crippen LogP contribution is 2.29. The molecule has 3 heteroatoms. The Morgan fingerprint density at radius 3 is 2.71 bits per heavy atom. The molecule has 1 aromatic carbocycles. The lowest BCUT2D eigenvalue weighted by Crippen LogP contribution is -2.18. The minimum absolute atomic E-state index is 0.00563. The van der Waals surface area contributed by atoms with E-state index in [2.05, 4.69) is 16.0 Å². The summed E-state index contributed by atoms with van der Waals surface area (Å²) in [5.74, 6) is 0. The zero-order valence-electron chi connectivity index (χ0n) is 9.76. The molecule has 0 atom stereocenters. The number of aliphatic hydroxyl groups excluding tert-OH is 1. The topological polar surface area (TPSA) is 36.4 Å². The van der Waals surface area contributed by atoms with Crippen LogP contribution in [0.25, 0.3) is 10.9 Å². The maximum atomic E-state index is 9.28. The second kappa shape index (κ2) is 4.34. The first kappa shape index (κ1) is 10.5. The van der Waals surface area contributed by atoms with Crippen molar-refractivity contribution in [2.24, 2.45) is 0 Å². The standard InChI is InChI=1S/C14H16N2O/c17-10-11-9-14(16-7-3-4-8-16)12-5-1-2-6-13(12)15-11/h1-2,5-6,9,17H,3-4,7-8,10H2. The monoisotopic (exact) mass is 228 g/mol. The van der Waals surface area contributed by atoms with Crippen molar-refractivity contribution in [2.75, 3.05) is 18.0 Å². The predicted octanol–water partition coefficient (Wildman–Crippen LogP) is 2.33. The lowest BCUT2D eigenvalue weighted by Gasteiger charge is -2.20. The molecule has 0 spiro atoms. The van der Waals surface area contributed by atoms with Gasteiger partial charge in [-0.3, -0.25) is 4.98 Å². The van der Waals surface area contributed by atoms with Crippen molar-refractivity contribution in [2.45, 2.75) is 19.4 Å². The molecule has 1 aliphatic heterocycles. The number of nitrogens with zero attached hydrogens (tertiary/aromatic N) is 2. The summed E-state index contributed by atoms with van der Waals surface area (Å²) in [5.41, 5.74) is 2.95. The third kappa shape index (κ3) is 1.87. The summed E-state index contributed by atoms with van der Waals surface area (Å²) >= 11 is 0. The van der Waals surface area contributed by atoms with Crippen molar-refractivity contribution in [3.63, 3.8) is 0 Å². The number of hydrogen-bond acceptors (Lipinski definition) is 3. The fourth-order valence-corrected chi connectivity index (χ4v) is 2.51. The van der Waals surface area contributed by atoms with Crippen molar-refractivity contribution >= 4 is 16.6 Å². The van der Waals surface area contributed by atoms with Crippen LogP contribution in [0, 0.1) is 0 Å². The third-order valence-electron chi connectivity index (χ3n) is 3.36. The number of fused-ring (bicyclic) bond motifs is 1. The molecular weight excluding hydrogens is 212 g/mol. The van der Waals surface area contributed by atoms with Gasteiger partial charge >= 0.3 is 0 Å². The zero-order chi connectivity index (χ0) is 11.7. The molecule has 3 nitrogen and oxygen atoms in total. The number of para-hydroxylation sites is 1. The van der Waals surface area contributed by atoms with E-state index in [1.807, 2.05) is 24.3 Å². The maximum Gasteiger partial charge on any atom is 0.0854 e. The number of rotatable bonds is 2. The number of anilines is 1. The quantitative estimate of drug-likeness (QED) is 0.857. The van der Waals surface area contributed by atoms with Gasteiger partial charge in [0.15, 0.2) is 0 Å². The fraction of sp³-hybridized carbons (Fsp3) is 0.357. The summed E-state index contributed by atoms with van der Waals surface area (Å²) in [6.45, 7) is 2.23. The molecule has 88 valence electrons. The highest BCUT2D eigenvalue weighted by atomic mass is 16.3. The summed E-state index contributed by atoms with van der Waals surface area (Å²) in [7, 11) is 0. The first-order valence-electron chi connectivity index (χ1n) is 6.13. The number of aromatic nitrogens is 1. The molecule has 0 aliphatic carbocycles. The van der Waals surface area contributed by atoms with Gasteiger partial charge in [0.25, 0.3) is 0 Å². The zero-order valence-corrected chi connectivity index (χ0v) is 9.76. The molecule has 0 bridgehead atoms. The van der Waals surface area contributed by atoms with Gasteiger partial charge < -0.3 is 10.0 Å². The first-order valence-corrected chi connectivity index (χ1v) is 6.13. The van der Waals surface area contributed by atoms with Gasteiger partial charge in [0.2, 0.25) is 0 Å². The van der Waals surface area contributed by atoms with Gasteiger partial charge in [0.1, 0.15) is 0 Å². The van der Waals surface area contributed by atoms with E-state index in [9.17, 15) is 5.11 Å². The van der Waals surface area contributed by atoms with Crippen LogP contribution >= 0.6 is 0 Å². The Labute approximate surface area is 101 Å². The van der Waals surface area contributed by atoms with Crippen LogP contribution in [0.15, 0.2) is 30.3 Å². The van der Waals surface area contributed by atoms with Gasteiger partial charge in [0.05, 0.1) is 17.8 Å². The number of benzene rings is 1. The molecule has 0 amide bonds. The largest absolute Gasteiger partial charge is 0.390 e. The SMILES string of the molecule is OCc1cc(N2CCCC2)c2ccccc2n1. The number of pyridine rings is 1. The fourth-order valence-electron chi connectivity index (χ4n) is 2.51. The average molecular weight is 228 g/mol. The second-order valence-corrected chi connectivity index (χ2v) is 4.50. The van der Waals surface area contributed by atoms with E-state index in [4.69, 9.17) is 0 Å². The number of aliphatic hydroxyl groups is 1. The molecule has 1 aliphatic rings. The Kier molecular flexibility index (Phi) is 2.69. The van der Waals surface area contributed by atoms with Crippen LogP contribution in [0.2, 0.25) is 0 Å². The van der Waals surface area contributed by atoms with Crippen LogP contribution < -0.4 is 4.90 Å². The molecule has 1 saturated heterocycles. The van der Waals surface area contributed by atoms with Gasteiger partial charge in [-0.25, -0.2) is 0 Å². The van der Waals surface area contributed by atoms with Gasteiger partial charge in [-0.2, -0.15) is 0 Å². The Morgan fingerprint density at radius 1 is 1.18 bits per heavy atom. The normalized spacial score (nSPS) is 15.7. The highest BCUT2D eigenvalue weighted by molar-refractivity contribution is 5.92. The van der Waals surface area contributed by atoms with Crippen molar-refractivity contribution in [3.8, 4) is 0 Å². The Balaban J connectivity index is 2.19. The Hall–Kier alpha value is -1.61. The second-order valence-electron chi connectivity index (χ2n) is 4.50. The van der Waals surface area contributed by atoms with Gasteiger partial charge in [-0.1, -0.05) is 18.2 Å². The summed E-state index contributed by atoms with van der Waals surface area (Å²) in [5, 5.41) is 10.5. The van der Waals surface area contributed by atoms with E-state index >= 15 is 0 Å². The molecule has 2 aromatic rings. The molecule has 17 heavy (non-hydrogen) atoms. The average Bonchev–Trinajstić information content (AvgIpc) is 2.91. The smallest absolute Gasteiger partial charge is 0.0854 e. The molecule has 1 aromatic heterocycles. The molecule has 1 N–H and O–H groups in total. The van der Waals surface area contributed by atoms with E-state index in [-0.39, 0.29) is 6.61 Å². The molecule has 0 radical (unpaired) electrons. The van der Waals surface area contributed by atoms with E-state index < -0.39 is 0 Å². The summed E-state index contributed by atoms with van der Waals surface area (Å²) in [6, 6.07) is 10.2. The van der Waals surface area contributed by atoms with Crippen molar-refractivity contribution in [1.29, 1.82) is 0 Å². The third-order valence-corrected chi connectivity index (χ3v) is 3.36. The van der Waals surface area contributed by atoms with Gasteiger partial charge in [-0.15, -0.1) is 0 Å². The number of hydrogen-bond donors (Lipinski definition) is 1. The van der Waals surface area contributed by atoms with Crippen molar-refractivity contribution in [1.82, 2.24) is 4.98 Å². The van der Waals surface area contributed by atoms with E-state index in [0.717, 1.165) is 24.3 Å². The van der Waals surface area contributed by atoms with Crippen LogP contribution in [-0.4, -0.2) is 23.2 Å².